The van der Waals surface area contributed by atoms with E-state index in [1.165, 1.54) is 0 Å². The molecule has 0 saturated carbocycles. The Hall–Kier alpha value is -1.13. The number of nitrogens with one attached hydrogen (secondary N) is 2. The molecule has 2 N–H and O–H groups in total. The summed E-state index contributed by atoms with van der Waals surface area (Å²) in [5, 5.41) is 6.74. The summed E-state index contributed by atoms with van der Waals surface area (Å²) in [6.07, 6.45) is 4.37. The predicted octanol–water partition coefficient (Wildman–Crippen LogP) is 2.45. The van der Waals surface area contributed by atoms with E-state index >= 15 is 0 Å². The lowest BCUT2D eigenvalue weighted by Crippen LogP contribution is -2.47. The van der Waals surface area contributed by atoms with Gasteiger partial charge >= 0.3 is 0 Å². The van der Waals surface area contributed by atoms with E-state index in [9.17, 15) is 4.79 Å². The third-order valence-electron chi connectivity index (χ3n) is 3.59. The van der Waals surface area contributed by atoms with Gasteiger partial charge < -0.3 is 10.6 Å². The van der Waals surface area contributed by atoms with Crippen LogP contribution < -0.4 is 10.6 Å². The molecule has 0 spiro atoms. The number of halogens is 1. The Kier molecular flexibility index (Phi) is 4.19. The molecular weight excluding hydrogens is 250 g/mol. The lowest BCUT2D eigenvalue weighted by molar-refractivity contribution is -0.126. The molecule has 0 radical (unpaired) electrons. The van der Waals surface area contributed by atoms with Gasteiger partial charge in [-0.05, 0) is 37.9 Å². The molecule has 1 aromatic rings. The van der Waals surface area contributed by atoms with Crippen molar-refractivity contribution in [1.29, 1.82) is 0 Å². The molecule has 2 heterocycles. The van der Waals surface area contributed by atoms with Gasteiger partial charge in [0.25, 0.3) is 0 Å². The fourth-order valence-electron chi connectivity index (χ4n) is 2.35. The van der Waals surface area contributed by atoms with Crippen molar-refractivity contribution in [3.8, 4) is 0 Å². The third-order valence-corrected chi connectivity index (χ3v) is 3.83. The smallest absolute Gasteiger partial charge is 0.233 e. The molecular formula is C13H18ClN3O. The molecule has 1 unspecified atom stereocenters. The van der Waals surface area contributed by atoms with Crippen molar-refractivity contribution in [3.63, 3.8) is 0 Å². The molecule has 1 aromatic heterocycles. The number of aromatic nitrogens is 1. The number of rotatable bonds is 3. The highest BCUT2D eigenvalue weighted by molar-refractivity contribution is 6.30. The summed E-state index contributed by atoms with van der Waals surface area (Å²) in [5.74, 6) is 0.554. The summed E-state index contributed by atoms with van der Waals surface area (Å²) in [7, 11) is 0. The van der Waals surface area contributed by atoms with Crippen LogP contribution in [-0.4, -0.2) is 24.0 Å². The quantitative estimate of drug-likeness (QED) is 0.885. The van der Waals surface area contributed by atoms with Gasteiger partial charge in [0.2, 0.25) is 5.91 Å². The van der Waals surface area contributed by atoms with Crippen LogP contribution >= 0.6 is 11.6 Å². The molecule has 0 bridgehead atoms. The Morgan fingerprint density at radius 3 is 3.11 bits per heavy atom. The predicted molar refractivity (Wildman–Crippen MR) is 72.7 cm³/mol. The number of hydrogen-bond donors (Lipinski definition) is 2. The summed E-state index contributed by atoms with van der Waals surface area (Å²) < 4.78 is 0. The maximum Gasteiger partial charge on any atom is 0.233 e. The largest absolute Gasteiger partial charge is 0.316 e. The van der Waals surface area contributed by atoms with Gasteiger partial charge in [0.15, 0.2) is 0 Å². The molecule has 18 heavy (non-hydrogen) atoms. The zero-order chi connectivity index (χ0) is 13.0. The van der Waals surface area contributed by atoms with E-state index in [-0.39, 0.29) is 11.3 Å². The van der Waals surface area contributed by atoms with Crippen LogP contribution in [0.15, 0.2) is 18.3 Å². The van der Waals surface area contributed by atoms with Crippen LogP contribution in [0.25, 0.3) is 0 Å². The molecule has 1 fully saturated rings. The molecule has 98 valence electrons. The summed E-state index contributed by atoms with van der Waals surface area (Å²) in [5.41, 5.74) is -0.317. The number of nitrogens with zero attached hydrogens (tertiary/aromatic N) is 1. The highest BCUT2D eigenvalue weighted by Crippen LogP contribution is 2.31. The molecule has 1 saturated heterocycles. The molecule has 4 nitrogen and oxygen atoms in total. The summed E-state index contributed by atoms with van der Waals surface area (Å²) in [6, 6.07) is 3.36. The van der Waals surface area contributed by atoms with Gasteiger partial charge in [0.05, 0.1) is 5.41 Å². The van der Waals surface area contributed by atoms with Crippen molar-refractivity contribution in [1.82, 2.24) is 10.3 Å². The van der Waals surface area contributed by atoms with Crippen LogP contribution in [0.3, 0.4) is 0 Å². The first-order valence-corrected chi connectivity index (χ1v) is 6.68. The monoisotopic (exact) mass is 267 g/mol. The molecule has 1 aliphatic rings. The van der Waals surface area contributed by atoms with E-state index < -0.39 is 0 Å². The normalized spacial score (nSPS) is 23.7. The van der Waals surface area contributed by atoms with E-state index in [0.29, 0.717) is 10.8 Å². The standard InChI is InChI=1S/C13H18ClN3O/c1-2-13(5-3-6-15-9-13)12(18)17-11-8-10(14)4-7-16-11/h4,7-8,15H,2-3,5-6,9H2,1H3,(H,16,17,18). The number of carbonyl (C=O) groups is 1. The Balaban J connectivity index is 2.10. The van der Waals surface area contributed by atoms with Gasteiger partial charge in [-0.15, -0.1) is 0 Å². The first-order valence-electron chi connectivity index (χ1n) is 6.30. The molecule has 1 aliphatic heterocycles. The maximum absolute atomic E-state index is 12.4. The topological polar surface area (TPSA) is 54.0 Å². The van der Waals surface area contributed by atoms with E-state index in [1.807, 2.05) is 0 Å². The highest BCUT2D eigenvalue weighted by Gasteiger charge is 2.37. The highest BCUT2D eigenvalue weighted by atomic mass is 35.5. The zero-order valence-corrected chi connectivity index (χ0v) is 11.3. The Labute approximate surface area is 112 Å². The van der Waals surface area contributed by atoms with Gasteiger partial charge in [0.1, 0.15) is 5.82 Å². The zero-order valence-electron chi connectivity index (χ0n) is 10.5. The van der Waals surface area contributed by atoms with Crippen molar-refractivity contribution in [2.75, 3.05) is 18.4 Å². The first-order chi connectivity index (χ1) is 8.66. The van der Waals surface area contributed by atoms with E-state index in [2.05, 4.69) is 22.5 Å². The van der Waals surface area contributed by atoms with Gasteiger partial charge in [-0.25, -0.2) is 4.98 Å². The van der Waals surface area contributed by atoms with Crippen molar-refractivity contribution >= 4 is 23.3 Å². The van der Waals surface area contributed by atoms with Crippen molar-refractivity contribution in [2.45, 2.75) is 26.2 Å². The number of hydrogen-bond acceptors (Lipinski definition) is 3. The molecule has 1 amide bonds. The second-order valence-corrected chi connectivity index (χ2v) is 5.16. The minimum atomic E-state index is -0.317. The fourth-order valence-corrected chi connectivity index (χ4v) is 2.51. The molecule has 5 heteroatoms. The van der Waals surface area contributed by atoms with Crippen LogP contribution in [0, 0.1) is 5.41 Å². The van der Waals surface area contributed by atoms with E-state index in [0.717, 1.165) is 32.4 Å². The van der Waals surface area contributed by atoms with Gasteiger partial charge in [-0.1, -0.05) is 18.5 Å². The minimum Gasteiger partial charge on any atom is -0.316 e. The van der Waals surface area contributed by atoms with Crippen molar-refractivity contribution in [2.24, 2.45) is 5.41 Å². The van der Waals surface area contributed by atoms with Crippen LogP contribution in [-0.2, 0) is 4.79 Å². The Morgan fingerprint density at radius 1 is 1.67 bits per heavy atom. The van der Waals surface area contributed by atoms with Crippen LogP contribution in [0.1, 0.15) is 26.2 Å². The third kappa shape index (κ3) is 2.82. The maximum atomic E-state index is 12.4. The summed E-state index contributed by atoms with van der Waals surface area (Å²) in [4.78, 5) is 16.5. The van der Waals surface area contributed by atoms with Gasteiger partial charge in [-0.3, -0.25) is 4.79 Å². The number of anilines is 1. The number of pyridine rings is 1. The number of piperidine rings is 1. The lowest BCUT2D eigenvalue weighted by atomic mass is 9.77. The van der Waals surface area contributed by atoms with E-state index in [4.69, 9.17) is 11.6 Å². The average Bonchev–Trinajstić information content (AvgIpc) is 2.39. The van der Waals surface area contributed by atoms with Crippen LogP contribution in [0.5, 0.6) is 0 Å². The first kappa shape index (κ1) is 13.3. The van der Waals surface area contributed by atoms with Crippen molar-refractivity contribution < 1.29 is 4.79 Å². The Bertz CT molecular complexity index is 430. The second-order valence-electron chi connectivity index (χ2n) is 4.73. The van der Waals surface area contributed by atoms with E-state index in [1.54, 1.807) is 18.3 Å². The fraction of sp³-hybridized carbons (Fsp3) is 0.538. The van der Waals surface area contributed by atoms with Crippen LogP contribution in [0.2, 0.25) is 5.02 Å². The summed E-state index contributed by atoms with van der Waals surface area (Å²) in [6.45, 7) is 3.78. The Morgan fingerprint density at radius 2 is 2.50 bits per heavy atom. The average molecular weight is 268 g/mol. The van der Waals surface area contributed by atoms with Gasteiger partial charge in [0, 0.05) is 17.8 Å². The van der Waals surface area contributed by atoms with Crippen LogP contribution in [0.4, 0.5) is 5.82 Å². The molecule has 1 atom stereocenters. The number of amides is 1. The van der Waals surface area contributed by atoms with Crippen molar-refractivity contribution in [3.05, 3.63) is 23.4 Å². The second kappa shape index (κ2) is 5.67. The molecule has 0 aliphatic carbocycles. The summed E-state index contributed by atoms with van der Waals surface area (Å²) >= 11 is 5.88. The molecule has 2 rings (SSSR count). The SMILES string of the molecule is CCC1(C(=O)Nc2cc(Cl)ccn2)CCCNC1. The minimum absolute atomic E-state index is 0.0342. The van der Waals surface area contributed by atoms with Gasteiger partial charge in [-0.2, -0.15) is 0 Å². The lowest BCUT2D eigenvalue weighted by Gasteiger charge is -2.35. The number of carbonyl (C=O) groups excluding carboxylic acids is 1. The molecule has 0 aromatic carbocycles.